The predicted octanol–water partition coefficient (Wildman–Crippen LogP) is 3.99. The van der Waals surface area contributed by atoms with Crippen LogP contribution in [0.4, 0.5) is 18.0 Å². The largest absolute Gasteiger partial charge is 0.490 e. The zero-order valence-electron chi connectivity index (χ0n) is 22.0. The lowest BCUT2D eigenvalue weighted by Crippen LogP contribution is -2.52. The Kier molecular flexibility index (Phi) is 8.73. The van der Waals surface area contributed by atoms with Crippen LogP contribution in [0, 0.1) is 5.41 Å². The highest BCUT2D eigenvalue weighted by atomic mass is 19.4. The first-order chi connectivity index (χ1) is 17.8. The SMILES string of the molecule is CC(C)n1nccc1[C@@H]1CN(C(=O)N(C)C)C[C@]12CCCN(Cc1ccccc1)C2=O.O=C(O)C(F)(F)F. The van der Waals surface area contributed by atoms with E-state index in [9.17, 15) is 22.8 Å². The van der Waals surface area contributed by atoms with Gasteiger partial charge in [0.1, 0.15) is 0 Å². The third-order valence-electron chi connectivity index (χ3n) is 6.97. The molecule has 3 heterocycles. The minimum absolute atomic E-state index is 0.0366. The van der Waals surface area contributed by atoms with Crippen molar-refractivity contribution in [2.75, 3.05) is 33.7 Å². The molecule has 9 nitrogen and oxygen atoms in total. The molecule has 1 spiro atoms. The van der Waals surface area contributed by atoms with Crippen molar-refractivity contribution in [2.24, 2.45) is 5.41 Å². The second-order valence-corrected chi connectivity index (χ2v) is 10.2. The molecule has 0 bridgehead atoms. The van der Waals surface area contributed by atoms with Crippen molar-refractivity contribution in [1.82, 2.24) is 24.5 Å². The van der Waals surface area contributed by atoms with E-state index >= 15 is 0 Å². The number of halogens is 3. The van der Waals surface area contributed by atoms with E-state index in [1.54, 1.807) is 19.0 Å². The number of piperidine rings is 1. The molecular weight excluding hydrogens is 503 g/mol. The van der Waals surface area contributed by atoms with Gasteiger partial charge in [0, 0.05) is 64.1 Å². The number of carbonyl (C=O) groups is 3. The molecule has 0 aliphatic carbocycles. The van der Waals surface area contributed by atoms with Gasteiger partial charge in [0.25, 0.3) is 0 Å². The number of amides is 3. The van der Waals surface area contributed by atoms with Gasteiger partial charge >= 0.3 is 18.2 Å². The number of rotatable bonds is 4. The molecule has 2 aliphatic rings. The van der Waals surface area contributed by atoms with E-state index in [1.807, 2.05) is 44.9 Å². The second kappa shape index (κ2) is 11.4. The van der Waals surface area contributed by atoms with Gasteiger partial charge in [0.2, 0.25) is 5.91 Å². The average Bonchev–Trinajstić information content (AvgIpc) is 3.48. The van der Waals surface area contributed by atoms with Crippen molar-refractivity contribution in [3.63, 3.8) is 0 Å². The molecular formula is C26H34F3N5O4. The number of urea groups is 1. The smallest absolute Gasteiger partial charge is 0.475 e. The lowest BCUT2D eigenvalue weighted by atomic mass is 9.70. The highest BCUT2D eigenvalue weighted by Crippen LogP contribution is 2.50. The van der Waals surface area contributed by atoms with Gasteiger partial charge < -0.3 is 19.8 Å². The summed E-state index contributed by atoms with van der Waals surface area (Å²) in [6, 6.07) is 12.3. The third-order valence-corrected chi connectivity index (χ3v) is 6.97. The summed E-state index contributed by atoms with van der Waals surface area (Å²) in [4.78, 5) is 41.3. The fourth-order valence-corrected chi connectivity index (χ4v) is 5.28. The summed E-state index contributed by atoms with van der Waals surface area (Å²) < 4.78 is 33.7. The van der Waals surface area contributed by atoms with E-state index in [2.05, 4.69) is 31.1 Å². The van der Waals surface area contributed by atoms with Crippen LogP contribution in [0.25, 0.3) is 0 Å². The summed E-state index contributed by atoms with van der Waals surface area (Å²) >= 11 is 0. The van der Waals surface area contributed by atoms with Crippen LogP contribution in [0.2, 0.25) is 0 Å². The molecule has 2 saturated heterocycles. The third kappa shape index (κ3) is 6.11. The minimum atomic E-state index is -5.08. The summed E-state index contributed by atoms with van der Waals surface area (Å²) in [5.41, 5.74) is 1.58. The zero-order valence-corrected chi connectivity index (χ0v) is 22.0. The lowest BCUT2D eigenvalue weighted by molar-refractivity contribution is -0.192. The lowest BCUT2D eigenvalue weighted by Gasteiger charge is -2.42. The first kappa shape index (κ1) is 29.0. The van der Waals surface area contributed by atoms with Crippen molar-refractivity contribution in [3.05, 3.63) is 53.9 Å². The van der Waals surface area contributed by atoms with Crippen LogP contribution in [-0.2, 0) is 16.1 Å². The van der Waals surface area contributed by atoms with Crippen LogP contribution in [0.5, 0.6) is 0 Å². The maximum absolute atomic E-state index is 14.0. The number of hydrogen-bond acceptors (Lipinski definition) is 4. The van der Waals surface area contributed by atoms with Crippen LogP contribution >= 0.6 is 0 Å². The number of aliphatic carboxylic acids is 1. The van der Waals surface area contributed by atoms with E-state index in [1.165, 1.54) is 0 Å². The van der Waals surface area contributed by atoms with Crippen LogP contribution in [0.15, 0.2) is 42.6 Å². The molecule has 3 amide bonds. The topological polar surface area (TPSA) is 99.0 Å². The molecule has 1 N–H and O–H groups in total. The van der Waals surface area contributed by atoms with E-state index in [-0.39, 0.29) is 23.9 Å². The molecule has 0 radical (unpaired) electrons. The number of alkyl halides is 3. The Bertz CT molecular complexity index is 1140. The van der Waals surface area contributed by atoms with Gasteiger partial charge in [0.05, 0.1) is 5.41 Å². The van der Waals surface area contributed by atoms with Gasteiger partial charge in [0.15, 0.2) is 0 Å². The Morgan fingerprint density at radius 1 is 1.18 bits per heavy atom. The summed E-state index contributed by atoms with van der Waals surface area (Å²) in [5.74, 6) is -2.65. The molecule has 12 heteroatoms. The molecule has 38 heavy (non-hydrogen) atoms. The highest BCUT2D eigenvalue weighted by molar-refractivity contribution is 5.87. The van der Waals surface area contributed by atoms with Gasteiger partial charge in [-0.15, -0.1) is 0 Å². The fourth-order valence-electron chi connectivity index (χ4n) is 5.28. The Morgan fingerprint density at radius 2 is 1.82 bits per heavy atom. The molecule has 0 saturated carbocycles. The molecule has 1 aromatic carbocycles. The standard InChI is InChI=1S/C24H33N5O2.C2HF3O2/c1-18(2)29-21(11-13-25-29)20-16-28(23(31)26(3)4)17-24(20)12-8-14-27(22(24)30)15-19-9-6-5-7-10-19;3-2(4,5)1(6)7/h5-7,9-11,13,18,20H,8,12,14-17H2,1-4H3;(H,6,7)/t20-,24+;/m0./s1. The van der Waals surface area contributed by atoms with E-state index < -0.39 is 17.6 Å². The van der Waals surface area contributed by atoms with Gasteiger partial charge in [-0.1, -0.05) is 30.3 Å². The quantitative estimate of drug-likeness (QED) is 0.636. The molecule has 2 aromatic rings. The maximum atomic E-state index is 14.0. The van der Waals surface area contributed by atoms with Crippen LogP contribution in [-0.4, -0.2) is 87.4 Å². The average molecular weight is 538 g/mol. The van der Waals surface area contributed by atoms with Crippen molar-refractivity contribution < 1.29 is 32.7 Å². The first-order valence-corrected chi connectivity index (χ1v) is 12.4. The number of nitrogens with zero attached hydrogens (tertiary/aromatic N) is 5. The molecule has 2 atom stereocenters. The minimum Gasteiger partial charge on any atom is -0.475 e. The van der Waals surface area contributed by atoms with E-state index in [4.69, 9.17) is 9.90 Å². The summed E-state index contributed by atoms with van der Waals surface area (Å²) in [7, 11) is 3.54. The van der Waals surface area contributed by atoms with Crippen LogP contribution in [0.3, 0.4) is 0 Å². The molecule has 4 rings (SSSR count). The Balaban J connectivity index is 0.000000505. The summed E-state index contributed by atoms with van der Waals surface area (Å²) in [5, 5.41) is 11.7. The second-order valence-electron chi connectivity index (χ2n) is 10.2. The van der Waals surface area contributed by atoms with Gasteiger partial charge in [-0.25, -0.2) is 9.59 Å². The van der Waals surface area contributed by atoms with Crippen molar-refractivity contribution in [1.29, 1.82) is 0 Å². The van der Waals surface area contributed by atoms with Crippen LogP contribution in [0.1, 0.15) is 49.9 Å². The number of likely N-dealkylation sites (tertiary alicyclic amines) is 2. The zero-order chi connectivity index (χ0) is 28.3. The van der Waals surface area contributed by atoms with Gasteiger partial charge in [-0.3, -0.25) is 9.48 Å². The van der Waals surface area contributed by atoms with Crippen molar-refractivity contribution >= 4 is 17.9 Å². The molecule has 0 unspecified atom stereocenters. The monoisotopic (exact) mass is 537 g/mol. The normalized spacial score (nSPS) is 21.5. The summed E-state index contributed by atoms with van der Waals surface area (Å²) in [6.45, 7) is 6.57. The van der Waals surface area contributed by atoms with Crippen LogP contribution < -0.4 is 0 Å². The van der Waals surface area contributed by atoms with E-state index in [0.717, 1.165) is 30.6 Å². The number of carboxylic acids is 1. The molecule has 2 aliphatic heterocycles. The highest BCUT2D eigenvalue weighted by Gasteiger charge is 2.57. The first-order valence-electron chi connectivity index (χ1n) is 12.4. The molecule has 2 fully saturated rings. The van der Waals surface area contributed by atoms with E-state index in [0.29, 0.717) is 19.6 Å². The molecule has 208 valence electrons. The molecule has 1 aromatic heterocycles. The van der Waals surface area contributed by atoms with Gasteiger partial charge in [-0.05, 0) is 38.3 Å². The Hall–Kier alpha value is -3.57. The maximum Gasteiger partial charge on any atom is 0.490 e. The van der Waals surface area contributed by atoms with Gasteiger partial charge in [-0.2, -0.15) is 18.3 Å². The Morgan fingerprint density at radius 3 is 2.37 bits per heavy atom. The van der Waals surface area contributed by atoms with Crippen molar-refractivity contribution in [3.8, 4) is 0 Å². The predicted molar refractivity (Wildman–Crippen MR) is 133 cm³/mol. The number of hydrogen-bond donors (Lipinski definition) is 1. The number of benzene rings is 1. The number of aromatic nitrogens is 2. The number of carbonyl (C=O) groups excluding carboxylic acids is 2. The van der Waals surface area contributed by atoms with Crippen molar-refractivity contribution in [2.45, 2.75) is 51.4 Å². The Labute approximate surface area is 219 Å². The fraction of sp³-hybridized carbons (Fsp3) is 0.538. The summed E-state index contributed by atoms with van der Waals surface area (Å²) in [6.07, 6.45) is -1.54. The number of carboxylic acid groups (broad SMARTS) is 1.